The summed E-state index contributed by atoms with van der Waals surface area (Å²) in [5, 5.41) is 0. The van der Waals surface area contributed by atoms with Gasteiger partial charge in [-0.3, -0.25) is 0 Å². The van der Waals surface area contributed by atoms with Crippen LogP contribution in [0.1, 0.15) is 25.7 Å². The molecule has 94 valence electrons. The molecular formula is C13H25NO2. The van der Waals surface area contributed by atoms with Gasteiger partial charge in [0.1, 0.15) is 0 Å². The summed E-state index contributed by atoms with van der Waals surface area (Å²) in [4.78, 5) is 2.52. The van der Waals surface area contributed by atoms with Crippen LogP contribution in [-0.4, -0.2) is 51.5 Å². The molecule has 0 aromatic heterocycles. The summed E-state index contributed by atoms with van der Waals surface area (Å²) in [6, 6.07) is 0. The summed E-state index contributed by atoms with van der Waals surface area (Å²) in [6.07, 6.45) is 4.99. The molecule has 0 radical (unpaired) electrons. The summed E-state index contributed by atoms with van der Waals surface area (Å²) in [7, 11) is 2.27. The van der Waals surface area contributed by atoms with Crippen molar-refractivity contribution in [3.05, 3.63) is 0 Å². The number of nitrogens with zero attached hydrogens (tertiary/aromatic N) is 1. The smallest absolute Gasteiger partial charge is 0.0469 e. The first-order valence-electron chi connectivity index (χ1n) is 6.68. The van der Waals surface area contributed by atoms with Gasteiger partial charge in [0.2, 0.25) is 0 Å². The minimum Gasteiger partial charge on any atom is -0.381 e. The van der Waals surface area contributed by atoms with Crippen LogP contribution in [-0.2, 0) is 9.47 Å². The second-order valence-corrected chi connectivity index (χ2v) is 5.33. The molecule has 0 N–H and O–H groups in total. The van der Waals surface area contributed by atoms with Crippen molar-refractivity contribution in [2.45, 2.75) is 25.7 Å². The van der Waals surface area contributed by atoms with Crippen molar-refractivity contribution < 1.29 is 9.47 Å². The predicted octanol–water partition coefficient (Wildman–Crippen LogP) is 1.77. The number of hydrogen-bond acceptors (Lipinski definition) is 3. The Hall–Kier alpha value is -0.120. The monoisotopic (exact) mass is 227 g/mol. The molecule has 0 aliphatic carbocycles. The molecule has 0 bridgehead atoms. The minimum absolute atomic E-state index is 0.860. The topological polar surface area (TPSA) is 21.7 Å². The van der Waals surface area contributed by atoms with Gasteiger partial charge in [0.15, 0.2) is 0 Å². The average molecular weight is 227 g/mol. The van der Waals surface area contributed by atoms with Crippen molar-refractivity contribution >= 4 is 0 Å². The fraction of sp³-hybridized carbons (Fsp3) is 1.00. The van der Waals surface area contributed by atoms with Crippen LogP contribution >= 0.6 is 0 Å². The fourth-order valence-corrected chi connectivity index (χ4v) is 2.81. The SMILES string of the molecule is CN(CC1CCOCC1)CC1CCOCC1. The van der Waals surface area contributed by atoms with Crippen LogP contribution in [0.15, 0.2) is 0 Å². The first-order valence-corrected chi connectivity index (χ1v) is 6.68. The zero-order valence-electron chi connectivity index (χ0n) is 10.5. The summed E-state index contributed by atoms with van der Waals surface area (Å²) in [5.41, 5.74) is 0. The van der Waals surface area contributed by atoms with Crippen molar-refractivity contribution in [3.8, 4) is 0 Å². The highest BCUT2D eigenvalue weighted by Gasteiger charge is 2.19. The molecule has 2 saturated heterocycles. The molecule has 2 fully saturated rings. The summed E-state index contributed by atoms with van der Waals surface area (Å²) >= 11 is 0. The first-order chi connectivity index (χ1) is 7.84. The molecule has 3 nitrogen and oxygen atoms in total. The third kappa shape index (κ3) is 4.04. The highest BCUT2D eigenvalue weighted by atomic mass is 16.5. The normalized spacial score (nSPS) is 25.1. The van der Waals surface area contributed by atoms with E-state index in [4.69, 9.17) is 9.47 Å². The van der Waals surface area contributed by atoms with Gasteiger partial charge in [0, 0.05) is 39.5 Å². The van der Waals surface area contributed by atoms with Gasteiger partial charge in [-0.1, -0.05) is 0 Å². The van der Waals surface area contributed by atoms with E-state index in [9.17, 15) is 0 Å². The van der Waals surface area contributed by atoms with Crippen molar-refractivity contribution in [2.24, 2.45) is 11.8 Å². The molecule has 2 aliphatic rings. The molecule has 2 rings (SSSR count). The van der Waals surface area contributed by atoms with E-state index in [1.807, 2.05) is 0 Å². The van der Waals surface area contributed by atoms with Crippen LogP contribution in [0.2, 0.25) is 0 Å². The van der Waals surface area contributed by atoms with Crippen LogP contribution in [0, 0.1) is 11.8 Å². The predicted molar refractivity (Wildman–Crippen MR) is 64.6 cm³/mol. The lowest BCUT2D eigenvalue weighted by Crippen LogP contribution is -2.34. The van der Waals surface area contributed by atoms with E-state index in [0.29, 0.717) is 0 Å². The number of rotatable bonds is 4. The Morgan fingerprint density at radius 2 is 1.19 bits per heavy atom. The Kier molecular flexibility index (Phi) is 5.07. The molecular weight excluding hydrogens is 202 g/mol. The number of ether oxygens (including phenoxy) is 2. The first kappa shape index (κ1) is 12.3. The Morgan fingerprint density at radius 1 is 0.812 bits per heavy atom. The Labute approximate surface area is 99.1 Å². The lowest BCUT2D eigenvalue weighted by molar-refractivity contribution is 0.0392. The van der Waals surface area contributed by atoms with E-state index in [-0.39, 0.29) is 0 Å². The maximum atomic E-state index is 5.40. The van der Waals surface area contributed by atoms with Gasteiger partial charge < -0.3 is 14.4 Å². The van der Waals surface area contributed by atoms with Crippen LogP contribution in [0.25, 0.3) is 0 Å². The molecule has 2 aliphatic heterocycles. The summed E-state index contributed by atoms with van der Waals surface area (Å²) in [5.74, 6) is 1.72. The third-order valence-electron chi connectivity index (χ3n) is 3.82. The van der Waals surface area contributed by atoms with Gasteiger partial charge in [-0.15, -0.1) is 0 Å². The van der Waals surface area contributed by atoms with E-state index < -0.39 is 0 Å². The summed E-state index contributed by atoms with van der Waals surface area (Å²) < 4.78 is 10.8. The van der Waals surface area contributed by atoms with E-state index >= 15 is 0 Å². The zero-order chi connectivity index (χ0) is 11.2. The van der Waals surface area contributed by atoms with Crippen LogP contribution in [0.3, 0.4) is 0 Å². The Balaban J connectivity index is 1.64. The highest BCUT2D eigenvalue weighted by Crippen LogP contribution is 2.19. The molecule has 0 unspecified atom stereocenters. The van der Waals surface area contributed by atoms with Gasteiger partial charge in [-0.05, 0) is 44.6 Å². The van der Waals surface area contributed by atoms with E-state index in [2.05, 4.69) is 11.9 Å². The second kappa shape index (κ2) is 6.58. The maximum Gasteiger partial charge on any atom is 0.0469 e. The van der Waals surface area contributed by atoms with Gasteiger partial charge in [0.25, 0.3) is 0 Å². The second-order valence-electron chi connectivity index (χ2n) is 5.33. The lowest BCUT2D eigenvalue weighted by Gasteiger charge is -2.31. The van der Waals surface area contributed by atoms with Gasteiger partial charge in [-0.2, -0.15) is 0 Å². The molecule has 0 saturated carbocycles. The van der Waals surface area contributed by atoms with Crippen molar-refractivity contribution in [2.75, 3.05) is 46.6 Å². The minimum atomic E-state index is 0.860. The molecule has 0 spiro atoms. The summed E-state index contributed by atoms with van der Waals surface area (Å²) in [6.45, 7) is 6.37. The number of hydrogen-bond donors (Lipinski definition) is 0. The van der Waals surface area contributed by atoms with Gasteiger partial charge >= 0.3 is 0 Å². The van der Waals surface area contributed by atoms with Crippen molar-refractivity contribution in [1.82, 2.24) is 4.90 Å². The van der Waals surface area contributed by atoms with Crippen molar-refractivity contribution in [3.63, 3.8) is 0 Å². The standard InChI is InChI=1S/C13H25NO2/c1-14(10-12-2-6-15-7-3-12)11-13-4-8-16-9-5-13/h12-13H,2-11H2,1H3. The van der Waals surface area contributed by atoms with Gasteiger partial charge in [0.05, 0.1) is 0 Å². The van der Waals surface area contributed by atoms with Gasteiger partial charge in [-0.25, -0.2) is 0 Å². The maximum absolute atomic E-state index is 5.40. The molecule has 0 aromatic rings. The van der Waals surface area contributed by atoms with Crippen LogP contribution < -0.4 is 0 Å². The Morgan fingerprint density at radius 3 is 1.56 bits per heavy atom. The van der Waals surface area contributed by atoms with Crippen molar-refractivity contribution in [1.29, 1.82) is 0 Å². The fourth-order valence-electron chi connectivity index (χ4n) is 2.81. The van der Waals surface area contributed by atoms with E-state index in [1.54, 1.807) is 0 Å². The molecule has 2 heterocycles. The van der Waals surface area contributed by atoms with E-state index in [0.717, 1.165) is 38.3 Å². The quantitative estimate of drug-likeness (QED) is 0.730. The average Bonchev–Trinajstić information content (AvgIpc) is 2.31. The molecule has 3 heteroatoms. The molecule has 0 atom stereocenters. The van der Waals surface area contributed by atoms with Crippen LogP contribution in [0.4, 0.5) is 0 Å². The Bertz CT molecular complexity index is 166. The highest BCUT2D eigenvalue weighted by molar-refractivity contribution is 4.71. The molecule has 16 heavy (non-hydrogen) atoms. The molecule has 0 amide bonds. The molecule has 0 aromatic carbocycles. The largest absolute Gasteiger partial charge is 0.381 e. The van der Waals surface area contributed by atoms with E-state index in [1.165, 1.54) is 38.8 Å². The third-order valence-corrected chi connectivity index (χ3v) is 3.82. The van der Waals surface area contributed by atoms with Crippen LogP contribution in [0.5, 0.6) is 0 Å². The lowest BCUT2D eigenvalue weighted by atomic mass is 9.97. The zero-order valence-corrected chi connectivity index (χ0v) is 10.5.